The minimum atomic E-state index is -0.196. The molecule has 1 amide bonds. The molecule has 6 heteroatoms. The van der Waals surface area contributed by atoms with Crippen LogP contribution < -0.4 is 5.32 Å². The number of nitrogens with one attached hydrogen (secondary N) is 1. The van der Waals surface area contributed by atoms with E-state index >= 15 is 0 Å². The lowest BCUT2D eigenvalue weighted by Crippen LogP contribution is -2.19. The maximum Gasteiger partial charge on any atom is 0.246 e. The number of halogens is 1. The molecule has 16 heavy (non-hydrogen) atoms. The normalized spacial score (nSPS) is 10.1. The van der Waals surface area contributed by atoms with Gasteiger partial charge in [-0.05, 0) is 12.1 Å². The maximum absolute atomic E-state index is 11.6. The second kappa shape index (κ2) is 4.76. The van der Waals surface area contributed by atoms with Gasteiger partial charge in [0, 0.05) is 18.6 Å². The first-order valence-electron chi connectivity index (χ1n) is 4.62. The van der Waals surface area contributed by atoms with Gasteiger partial charge in [0.25, 0.3) is 0 Å². The summed E-state index contributed by atoms with van der Waals surface area (Å²) in [5.74, 6) is -0.196. The van der Waals surface area contributed by atoms with Crippen molar-refractivity contribution in [3.8, 4) is 0 Å². The van der Waals surface area contributed by atoms with E-state index in [4.69, 9.17) is 11.6 Å². The molecule has 2 rings (SSSR count). The quantitative estimate of drug-likeness (QED) is 0.880. The molecule has 82 valence electrons. The highest BCUT2D eigenvalue weighted by atomic mass is 35.5. The van der Waals surface area contributed by atoms with Crippen LogP contribution >= 0.6 is 11.6 Å². The van der Waals surface area contributed by atoms with Gasteiger partial charge in [0.1, 0.15) is 6.54 Å². The first-order valence-corrected chi connectivity index (χ1v) is 5.00. The lowest BCUT2D eigenvalue weighted by Gasteiger charge is -2.06. The minimum Gasteiger partial charge on any atom is -0.322 e. The lowest BCUT2D eigenvalue weighted by molar-refractivity contribution is -0.116. The van der Waals surface area contributed by atoms with Crippen molar-refractivity contribution in [2.24, 2.45) is 0 Å². The molecule has 2 aromatic rings. The standard InChI is InChI=1S/C10H9ClN4O/c11-8-2-4-12-6-9(8)14-10(16)7-15-5-1-3-13-15/h1-6H,7H2,(H,14,16). The van der Waals surface area contributed by atoms with Crippen LogP contribution in [0.15, 0.2) is 36.9 Å². The molecular formula is C10H9ClN4O. The third kappa shape index (κ3) is 2.58. The highest BCUT2D eigenvalue weighted by Gasteiger charge is 2.06. The summed E-state index contributed by atoms with van der Waals surface area (Å²) in [4.78, 5) is 15.4. The van der Waals surface area contributed by atoms with Gasteiger partial charge in [-0.3, -0.25) is 14.5 Å². The summed E-state index contributed by atoms with van der Waals surface area (Å²) in [7, 11) is 0. The molecule has 0 spiro atoms. The van der Waals surface area contributed by atoms with Gasteiger partial charge < -0.3 is 5.32 Å². The molecule has 0 saturated carbocycles. The summed E-state index contributed by atoms with van der Waals surface area (Å²) in [5, 5.41) is 7.04. The van der Waals surface area contributed by atoms with Crippen LogP contribution in [-0.2, 0) is 11.3 Å². The number of aromatic nitrogens is 3. The van der Waals surface area contributed by atoms with Gasteiger partial charge in [0.2, 0.25) is 5.91 Å². The van der Waals surface area contributed by atoms with Crippen molar-refractivity contribution in [1.82, 2.24) is 14.8 Å². The fraction of sp³-hybridized carbons (Fsp3) is 0.100. The van der Waals surface area contributed by atoms with E-state index < -0.39 is 0 Å². The first-order chi connectivity index (χ1) is 7.75. The van der Waals surface area contributed by atoms with E-state index in [1.54, 1.807) is 30.7 Å². The number of pyridine rings is 1. The Morgan fingerprint density at radius 2 is 2.38 bits per heavy atom. The zero-order chi connectivity index (χ0) is 11.4. The molecule has 2 heterocycles. The van der Waals surface area contributed by atoms with E-state index in [1.807, 2.05) is 0 Å². The zero-order valence-corrected chi connectivity index (χ0v) is 9.05. The molecule has 0 saturated heterocycles. The van der Waals surface area contributed by atoms with Crippen molar-refractivity contribution < 1.29 is 4.79 Å². The molecule has 0 fully saturated rings. The van der Waals surface area contributed by atoms with E-state index in [9.17, 15) is 4.79 Å². The second-order valence-electron chi connectivity index (χ2n) is 3.11. The topological polar surface area (TPSA) is 59.8 Å². The number of amides is 1. The zero-order valence-electron chi connectivity index (χ0n) is 8.30. The predicted molar refractivity (Wildman–Crippen MR) is 60.1 cm³/mol. The van der Waals surface area contributed by atoms with Gasteiger partial charge in [-0.25, -0.2) is 0 Å². The Labute approximate surface area is 97.1 Å². The monoisotopic (exact) mass is 236 g/mol. The van der Waals surface area contributed by atoms with Crippen molar-refractivity contribution >= 4 is 23.2 Å². The van der Waals surface area contributed by atoms with Crippen molar-refractivity contribution in [2.75, 3.05) is 5.32 Å². The number of hydrogen-bond donors (Lipinski definition) is 1. The number of hydrogen-bond acceptors (Lipinski definition) is 3. The molecule has 0 atom stereocenters. The highest BCUT2D eigenvalue weighted by molar-refractivity contribution is 6.33. The average Bonchev–Trinajstić information content (AvgIpc) is 2.74. The molecule has 0 aliphatic heterocycles. The summed E-state index contributed by atoms with van der Waals surface area (Å²) in [6.07, 6.45) is 6.39. The molecule has 0 bridgehead atoms. The van der Waals surface area contributed by atoms with Crippen LogP contribution in [0.3, 0.4) is 0 Å². The van der Waals surface area contributed by atoms with Crippen LogP contribution in [0, 0.1) is 0 Å². The van der Waals surface area contributed by atoms with E-state index in [2.05, 4.69) is 15.4 Å². The Bertz CT molecular complexity index is 483. The summed E-state index contributed by atoms with van der Waals surface area (Å²) < 4.78 is 1.53. The third-order valence-corrected chi connectivity index (χ3v) is 2.24. The first kappa shape index (κ1) is 10.6. The largest absolute Gasteiger partial charge is 0.322 e. The smallest absolute Gasteiger partial charge is 0.246 e. The van der Waals surface area contributed by atoms with Crippen LogP contribution in [0.2, 0.25) is 5.02 Å². The third-order valence-electron chi connectivity index (χ3n) is 1.91. The van der Waals surface area contributed by atoms with E-state index in [0.717, 1.165) is 0 Å². The van der Waals surface area contributed by atoms with Gasteiger partial charge >= 0.3 is 0 Å². The van der Waals surface area contributed by atoms with Gasteiger partial charge in [-0.2, -0.15) is 5.10 Å². The highest BCUT2D eigenvalue weighted by Crippen LogP contribution is 2.18. The number of rotatable bonds is 3. The van der Waals surface area contributed by atoms with Crippen molar-refractivity contribution in [1.29, 1.82) is 0 Å². The SMILES string of the molecule is O=C(Cn1cccn1)Nc1cnccc1Cl. The predicted octanol–water partition coefficient (Wildman–Crippen LogP) is 1.57. The summed E-state index contributed by atoms with van der Waals surface area (Å²) >= 11 is 5.87. The number of carbonyl (C=O) groups excluding carboxylic acids is 1. The van der Waals surface area contributed by atoms with Crippen molar-refractivity contribution in [3.05, 3.63) is 41.9 Å². The Kier molecular flexibility index (Phi) is 3.16. The summed E-state index contributed by atoms with van der Waals surface area (Å²) in [6.45, 7) is 0.151. The Hall–Kier alpha value is -1.88. The molecule has 0 aromatic carbocycles. The van der Waals surface area contributed by atoms with E-state index in [-0.39, 0.29) is 12.5 Å². The van der Waals surface area contributed by atoms with Crippen LogP contribution in [0.5, 0.6) is 0 Å². The molecule has 0 radical (unpaired) electrons. The fourth-order valence-electron chi connectivity index (χ4n) is 1.20. The van der Waals surface area contributed by atoms with Gasteiger partial charge in [0.05, 0.1) is 16.9 Å². The molecule has 0 aliphatic rings. The van der Waals surface area contributed by atoms with Gasteiger partial charge in [-0.1, -0.05) is 11.6 Å². The maximum atomic E-state index is 11.6. The minimum absolute atomic E-state index is 0.151. The van der Waals surface area contributed by atoms with Crippen LogP contribution in [0.25, 0.3) is 0 Å². The molecule has 0 unspecified atom stereocenters. The van der Waals surface area contributed by atoms with Crippen LogP contribution in [0.4, 0.5) is 5.69 Å². The summed E-state index contributed by atoms with van der Waals surface area (Å²) in [6, 6.07) is 3.37. The molecule has 2 aromatic heterocycles. The van der Waals surface area contributed by atoms with Gasteiger partial charge in [-0.15, -0.1) is 0 Å². The Morgan fingerprint density at radius 3 is 3.06 bits per heavy atom. The second-order valence-corrected chi connectivity index (χ2v) is 3.51. The molecule has 1 N–H and O–H groups in total. The summed E-state index contributed by atoms with van der Waals surface area (Å²) in [5.41, 5.74) is 0.501. The average molecular weight is 237 g/mol. The Morgan fingerprint density at radius 1 is 1.50 bits per heavy atom. The Balaban J connectivity index is 2.00. The molecule has 0 aliphatic carbocycles. The number of nitrogens with zero attached hydrogens (tertiary/aromatic N) is 3. The lowest BCUT2D eigenvalue weighted by atomic mass is 10.4. The van der Waals surface area contributed by atoms with Crippen molar-refractivity contribution in [3.63, 3.8) is 0 Å². The van der Waals surface area contributed by atoms with E-state index in [0.29, 0.717) is 10.7 Å². The van der Waals surface area contributed by atoms with Crippen molar-refractivity contribution in [2.45, 2.75) is 6.54 Å². The van der Waals surface area contributed by atoms with Crippen LogP contribution in [-0.4, -0.2) is 20.7 Å². The fourth-order valence-corrected chi connectivity index (χ4v) is 1.35. The number of anilines is 1. The van der Waals surface area contributed by atoms with Gasteiger partial charge in [0.15, 0.2) is 0 Å². The number of carbonyl (C=O) groups is 1. The van der Waals surface area contributed by atoms with E-state index in [1.165, 1.54) is 10.9 Å². The van der Waals surface area contributed by atoms with Crippen LogP contribution in [0.1, 0.15) is 0 Å². The molecule has 5 nitrogen and oxygen atoms in total. The molecular weight excluding hydrogens is 228 g/mol.